The van der Waals surface area contributed by atoms with E-state index in [4.69, 9.17) is 9.47 Å². The zero-order valence-corrected chi connectivity index (χ0v) is 12.6. The van der Waals surface area contributed by atoms with Crippen molar-refractivity contribution in [2.24, 2.45) is 0 Å². The lowest BCUT2D eigenvalue weighted by molar-refractivity contribution is -0.131. The number of hydrogen-bond donors (Lipinski definition) is 1. The van der Waals surface area contributed by atoms with Gasteiger partial charge >= 0.3 is 0 Å². The van der Waals surface area contributed by atoms with Gasteiger partial charge in [0, 0.05) is 39.0 Å². The molecule has 0 saturated carbocycles. The summed E-state index contributed by atoms with van der Waals surface area (Å²) in [7, 11) is 3.28. The van der Waals surface area contributed by atoms with E-state index in [0.717, 1.165) is 16.5 Å². The van der Waals surface area contributed by atoms with Gasteiger partial charge < -0.3 is 19.4 Å². The number of amides is 1. The summed E-state index contributed by atoms with van der Waals surface area (Å²) in [6, 6.07) is 8.06. The number of benzene rings is 1. The van der Waals surface area contributed by atoms with Crippen molar-refractivity contribution in [2.75, 3.05) is 40.5 Å². The molecule has 2 rings (SSSR count). The molecule has 1 aromatic heterocycles. The van der Waals surface area contributed by atoms with E-state index >= 15 is 0 Å². The van der Waals surface area contributed by atoms with Crippen molar-refractivity contribution in [3.05, 3.63) is 36.0 Å². The molecule has 0 radical (unpaired) electrons. The van der Waals surface area contributed by atoms with E-state index in [-0.39, 0.29) is 5.91 Å². The number of aromatic nitrogens is 1. The van der Waals surface area contributed by atoms with E-state index in [1.165, 1.54) is 0 Å². The Balaban J connectivity index is 2.01. The molecule has 2 aromatic rings. The van der Waals surface area contributed by atoms with Crippen molar-refractivity contribution in [1.29, 1.82) is 0 Å². The lowest BCUT2D eigenvalue weighted by Gasteiger charge is -2.22. The van der Waals surface area contributed by atoms with E-state index in [1.54, 1.807) is 19.1 Å². The molecule has 1 amide bonds. The Labute approximate surface area is 124 Å². The van der Waals surface area contributed by atoms with E-state index in [9.17, 15) is 4.79 Å². The number of aromatic amines is 1. The van der Waals surface area contributed by atoms with Crippen LogP contribution in [0.25, 0.3) is 10.9 Å². The van der Waals surface area contributed by atoms with E-state index in [2.05, 4.69) is 11.1 Å². The van der Waals surface area contributed by atoms with Crippen LogP contribution in [-0.4, -0.2) is 56.3 Å². The third-order valence-electron chi connectivity index (χ3n) is 3.46. The van der Waals surface area contributed by atoms with Crippen molar-refractivity contribution >= 4 is 16.8 Å². The second-order valence-corrected chi connectivity index (χ2v) is 4.94. The molecule has 1 heterocycles. The van der Waals surface area contributed by atoms with Crippen LogP contribution in [0.1, 0.15) is 5.56 Å². The number of carbonyl (C=O) groups excluding carboxylic acids is 1. The third kappa shape index (κ3) is 4.31. The zero-order chi connectivity index (χ0) is 15.1. The number of H-pyrrole nitrogens is 1. The number of methoxy groups -OCH3 is 2. The minimum atomic E-state index is 0.0963. The monoisotopic (exact) mass is 290 g/mol. The molecule has 1 aromatic carbocycles. The van der Waals surface area contributed by atoms with Gasteiger partial charge in [0.25, 0.3) is 0 Å². The molecule has 5 nitrogen and oxygen atoms in total. The molecule has 114 valence electrons. The fourth-order valence-corrected chi connectivity index (χ4v) is 2.26. The van der Waals surface area contributed by atoms with Gasteiger partial charge in [-0.1, -0.05) is 6.07 Å². The minimum Gasteiger partial charge on any atom is -0.383 e. The van der Waals surface area contributed by atoms with Crippen LogP contribution >= 0.6 is 0 Å². The van der Waals surface area contributed by atoms with Gasteiger partial charge in [-0.2, -0.15) is 0 Å². The van der Waals surface area contributed by atoms with Crippen LogP contribution in [-0.2, 0) is 20.7 Å². The number of ether oxygens (including phenoxy) is 2. The summed E-state index contributed by atoms with van der Waals surface area (Å²) < 4.78 is 10.1. The summed E-state index contributed by atoms with van der Waals surface area (Å²) >= 11 is 0. The first-order valence-electron chi connectivity index (χ1n) is 7.06. The van der Waals surface area contributed by atoms with Crippen molar-refractivity contribution in [1.82, 2.24) is 9.88 Å². The number of carbonyl (C=O) groups is 1. The van der Waals surface area contributed by atoms with Crippen molar-refractivity contribution in [3.8, 4) is 0 Å². The molecule has 0 atom stereocenters. The highest BCUT2D eigenvalue weighted by molar-refractivity contribution is 5.83. The number of nitrogens with zero attached hydrogens (tertiary/aromatic N) is 1. The first-order valence-corrected chi connectivity index (χ1v) is 7.06. The Hall–Kier alpha value is -1.85. The number of rotatable bonds is 8. The Morgan fingerprint density at radius 3 is 2.52 bits per heavy atom. The summed E-state index contributed by atoms with van der Waals surface area (Å²) in [5.41, 5.74) is 2.11. The highest BCUT2D eigenvalue weighted by Gasteiger charge is 2.14. The van der Waals surface area contributed by atoms with Crippen molar-refractivity contribution in [3.63, 3.8) is 0 Å². The summed E-state index contributed by atoms with van der Waals surface area (Å²) in [5, 5.41) is 1.13. The quantitative estimate of drug-likeness (QED) is 0.807. The average molecular weight is 290 g/mol. The summed E-state index contributed by atoms with van der Waals surface area (Å²) in [5.74, 6) is 0.0963. The molecule has 5 heteroatoms. The van der Waals surface area contributed by atoms with Crippen LogP contribution in [0.5, 0.6) is 0 Å². The second kappa shape index (κ2) is 7.81. The Morgan fingerprint density at radius 1 is 1.14 bits per heavy atom. The number of hydrogen-bond acceptors (Lipinski definition) is 3. The normalized spacial score (nSPS) is 11.0. The molecular formula is C16H22N2O3. The molecule has 0 unspecified atom stereocenters. The van der Waals surface area contributed by atoms with Gasteiger partial charge in [0.2, 0.25) is 5.91 Å². The van der Waals surface area contributed by atoms with Crippen LogP contribution in [0.2, 0.25) is 0 Å². The third-order valence-corrected chi connectivity index (χ3v) is 3.46. The van der Waals surface area contributed by atoms with E-state index in [1.807, 2.05) is 24.4 Å². The van der Waals surface area contributed by atoms with Gasteiger partial charge in [-0.15, -0.1) is 0 Å². The topological polar surface area (TPSA) is 54.6 Å². The van der Waals surface area contributed by atoms with Gasteiger partial charge in [-0.3, -0.25) is 4.79 Å². The largest absolute Gasteiger partial charge is 0.383 e. The van der Waals surface area contributed by atoms with Gasteiger partial charge in [0.1, 0.15) is 0 Å². The van der Waals surface area contributed by atoms with Gasteiger partial charge in [-0.05, 0) is 29.1 Å². The minimum absolute atomic E-state index is 0.0963. The Bertz CT molecular complexity index is 572. The maximum atomic E-state index is 12.4. The maximum absolute atomic E-state index is 12.4. The molecule has 0 fully saturated rings. The highest BCUT2D eigenvalue weighted by Crippen LogP contribution is 2.15. The smallest absolute Gasteiger partial charge is 0.227 e. The SMILES string of the molecule is COCCN(CCOC)C(=O)Cc1ccc2[nH]ccc2c1. The molecular weight excluding hydrogens is 268 g/mol. The summed E-state index contributed by atoms with van der Waals surface area (Å²) in [4.78, 5) is 17.3. The molecule has 0 aliphatic rings. The fourth-order valence-electron chi connectivity index (χ4n) is 2.26. The van der Waals surface area contributed by atoms with E-state index < -0.39 is 0 Å². The molecule has 0 saturated heterocycles. The summed E-state index contributed by atoms with van der Waals surface area (Å²) in [6.45, 7) is 2.24. The lowest BCUT2D eigenvalue weighted by Crippen LogP contribution is -2.37. The zero-order valence-electron chi connectivity index (χ0n) is 12.6. The lowest BCUT2D eigenvalue weighted by atomic mass is 10.1. The Morgan fingerprint density at radius 2 is 1.86 bits per heavy atom. The average Bonchev–Trinajstić information content (AvgIpc) is 2.95. The number of nitrogens with one attached hydrogen (secondary N) is 1. The maximum Gasteiger partial charge on any atom is 0.227 e. The molecule has 1 N–H and O–H groups in total. The predicted octanol–water partition coefficient (Wildman–Crippen LogP) is 1.83. The van der Waals surface area contributed by atoms with Crippen molar-refractivity contribution in [2.45, 2.75) is 6.42 Å². The van der Waals surface area contributed by atoms with Crippen LogP contribution in [0, 0.1) is 0 Å². The van der Waals surface area contributed by atoms with Crippen molar-refractivity contribution < 1.29 is 14.3 Å². The fraction of sp³-hybridized carbons (Fsp3) is 0.438. The Kier molecular flexibility index (Phi) is 5.78. The number of fused-ring (bicyclic) bond motifs is 1. The molecule has 0 aliphatic carbocycles. The first-order chi connectivity index (χ1) is 10.2. The highest BCUT2D eigenvalue weighted by atomic mass is 16.5. The van der Waals surface area contributed by atoms with Crippen LogP contribution < -0.4 is 0 Å². The van der Waals surface area contributed by atoms with Gasteiger partial charge in [0.05, 0.1) is 19.6 Å². The second-order valence-electron chi connectivity index (χ2n) is 4.94. The van der Waals surface area contributed by atoms with Gasteiger partial charge in [-0.25, -0.2) is 0 Å². The van der Waals surface area contributed by atoms with Gasteiger partial charge in [0.15, 0.2) is 0 Å². The van der Waals surface area contributed by atoms with Crippen LogP contribution in [0.3, 0.4) is 0 Å². The molecule has 21 heavy (non-hydrogen) atoms. The molecule has 0 aliphatic heterocycles. The molecule has 0 spiro atoms. The van der Waals surface area contributed by atoms with Crippen LogP contribution in [0.4, 0.5) is 0 Å². The first kappa shape index (κ1) is 15.5. The standard InChI is InChI=1S/C16H22N2O3/c1-20-9-7-18(8-10-21-2)16(19)12-13-3-4-15-14(11-13)5-6-17-15/h3-6,11,17H,7-10,12H2,1-2H3. The summed E-state index contributed by atoms with van der Waals surface area (Å²) in [6.07, 6.45) is 2.30. The predicted molar refractivity (Wildman–Crippen MR) is 82.3 cm³/mol. The molecule has 0 bridgehead atoms. The van der Waals surface area contributed by atoms with Crippen LogP contribution in [0.15, 0.2) is 30.5 Å². The van der Waals surface area contributed by atoms with E-state index in [0.29, 0.717) is 32.7 Å².